The summed E-state index contributed by atoms with van der Waals surface area (Å²) < 4.78 is 23.1. The van der Waals surface area contributed by atoms with Crippen LogP contribution < -0.4 is 5.32 Å². The molecule has 2 saturated heterocycles. The van der Waals surface area contributed by atoms with Gasteiger partial charge in [0.1, 0.15) is 23.0 Å². The van der Waals surface area contributed by atoms with E-state index < -0.39 is 17.2 Å². The Kier molecular flexibility index (Phi) is 7.93. The SMILES string of the molecule is CCS[C@@H]1O[C@@H]2CO[C@@H](c3ccccc3)O[C@H]2C[C@H]1NC(=O)OCC(Cl)Cl. The Balaban J connectivity index is 1.62. The van der Waals surface area contributed by atoms with Crippen molar-refractivity contribution in [2.45, 2.75) is 48.2 Å². The maximum absolute atomic E-state index is 12.0. The van der Waals surface area contributed by atoms with Crippen molar-refractivity contribution in [1.82, 2.24) is 5.32 Å². The van der Waals surface area contributed by atoms with Crippen molar-refractivity contribution < 1.29 is 23.7 Å². The van der Waals surface area contributed by atoms with Crippen molar-refractivity contribution in [2.24, 2.45) is 0 Å². The molecule has 1 aromatic carbocycles. The molecule has 9 heteroatoms. The molecule has 0 unspecified atom stereocenters. The van der Waals surface area contributed by atoms with Gasteiger partial charge in [0.25, 0.3) is 0 Å². The van der Waals surface area contributed by atoms with Crippen LogP contribution in [-0.2, 0) is 18.9 Å². The van der Waals surface area contributed by atoms with Gasteiger partial charge in [0.2, 0.25) is 0 Å². The molecule has 1 N–H and O–H groups in total. The fourth-order valence-electron chi connectivity index (χ4n) is 3.10. The van der Waals surface area contributed by atoms with E-state index in [2.05, 4.69) is 5.32 Å². The summed E-state index contributed by atoms with van der Waals surface area (Å²) in [5.74, 6) is 0.856. The summed E-state index contributed by atoms with van der Waals surface area (Å²) in [6, 6.07) is 9.52. The minimum absolute atomic E-state index is 0.0689. The predicted octanol–water partition coefficient (Wildman–Crippen LogP) is 3.87. The number of benzene rings is 1. The van der Waals surface area contributed by atoms with Gasteiger partial charge in [0.05, 0.1) is 18.8 Å². The van der Waals surface area contributed by atoms with Crippen LogP contribution in [0.2, 0.25) is 0 Å². The Hall–Kier alpha value is -0.700. The van der Waals surface area contributed by atoms with E-state index in [0.29, 0.717) is 13.0 Å². The van der Waals surface area contributed by atoms with Gasteiger partial charge in [-0.2, -0.15) is 0 Å². The van der Waals surface area contributed by atoms with Gasteiger partial charge in [-0.05, 0) is 5.75 Å². The average molecular weight is 436 g/mol. The molecule has 2 aliphatic rings. The van der Waals surface area contributed by atoms with Gasteiger partial charge in [-0.25, -0.2) is 4.79 Å². The highest BCUT2D eigenvalue weighted by Crippen LogP contribution is 2.36. The molecule has 0 bridgehead atoms. The van der Waals surface area contributed by atoms with E-state index in [4.69, 9.17) is 42.1 Å². The van der Waals surface area contributed by atoms with Crippen LogP contribution in [-0.4, -0.2) is 53.6 Å². The number of ether oxygens (including phenoxy) is 4. The normalized spacial score (nSPS) is 30.6. The molecule has 0 spiro atoms. The van der Waals surface area contributed by atoms with Crippen molar-refractivity contribution in [2.75, 3.05) is 19.0 Å². The topological polar surface area (TPSA) is 66.0 Å². The number of halogens is 2. The van der Waals surface area contributed by atoms with Crippen molar-refractivity contribution in [1.29, 1.82) is 0 Å². The van der Waals surface area contributed by atoms with Crippen molar-refractivity contribution in [3.8, 4) is 0 Å². The quantitative estimate of drug-likeness (QED) is 0.684. The molecule has 3 rings (SSSR count). The smallest absolute Gasteiger partial charge is 0.407 e. The van der Waals surface area contributed by atoms with Crippen LogP contribution in [0.1, 0.15) is 25.2 Å². The van der Waals surface area contributed by atoms with Crippen LogP contribution in [0, 0.1) is 0 Å². The fourth-order valence-corrected chi connectivity index (χ4v) is 4.19. The third-order valence-electron chi connectivity index (χ3n) is 4.29. The predicted molar refractivity (Wildman–Crippen MR) is 105 cm³/mol. The number of thioether (sulfide) groups is 1. The van der Waals surface area contributed by atoms with E-state index in [1.165, 1.54) is 0 Å². The fraction of sp³-hybridized carbons (Fsp3) is 0.611. The minimum atomic E-state index is -0.756. The van der Waals surface area contributed by atoms with Crippen molar-refractivity contribution in [3.05, 3.63) is 35.9 Å². The summed E-state index contributed by atoms with van der Waals surface area (Å²) in [6.07, 6.45) is -0.751. The van der Waals surface area contributed by atoms with E-state index in [0.717, 1.165) is 11.3 Å². The number of fused-ring (bicyclic) bond motifs is 1. The molecular weight excluding hydrogens is 413 g/mol. The van der Waals surface area contributed by atoms with Gasteiger partial charge in [-0.3, -0.25) is 0 Å². The number of carbonyl (C=O) groups is 1. The van der Waals surface area contributed by atoms with Crippen LogP contribution >= 0.6 is 35.0 Å². The zero-order valence-electron chi connectivity index (χ0n) is 14.9. The van der Waals surface area contributed by atoms with Gasteiger partial charge in [-0.15, -0.1) is 35.0 Å². The van der Waals surface area contributed by atoms with Gasteiger partial charge in [-0.1, -0.05) is 37.3 Å². The molecule has 6 nitrogen and oxygen atoms in total. The first-order valence-corrected chi connectivity index (χ1v) is 10.8. The minimum Gasteiger partial charge on any atom is -0.447 e. The van der Waals surface area contributed by atoms with Crippen LogP contribution in [0.5, 0.6) is 0 Å². The Morgan fingerprint density at radius 1 is 1.30 bits per heavy atom. The lowest BCUT2D eigenvalue weighted by molar-refractivity contribution is -0.283. The first kappa shape index (κ1) is 21.0. The number of hydrogen-bond donors (Lipinski definition) is 1. The van der Waals surface area contributed by atoms with Crippen LogP contribution in [0.15, 0.2) is 30.3 Å². The lowest BCUT2D eigenvalue weighted by Gasteiger charge is -2.45. The molecule has 27 heavy (non-hydrogen) atoms. The Morgan fingerprint density at radius 3 is 2.78 bits per heavy atom. The monoisotopic (exact) mass is 435 g/mol. The second-order valence-corrected chi connectivity index (χ2v) is 8.88. The number of amides is 1. The van der Waals surface area contributed by atoms with E-state index in [1.807, 2.05) is 37.3 Å². The first-order chi connectivity index (χ1) is 13.1. The molecule has 0 radical (unpaired) electrons. The van der Waals surface area contributed by atoms with Crippen molar-refractivity contribution >= 4 is 41.1 Å². The third-order valence-corrected chi connectivity index (χ3v) is 5.65. The van der Waals surface area contributed by atoms with Crippen LogP contribution in [0.4, 0.5) is 4.79 Å². The van der Waals surface area contributed by atoms with Crippen molar-refractivity contribution in [3.63, 3.8) is 0 Å². The van der Waals surface area contributed by atoms with E-state index in [-0.39, 0.29) is 30.3 Å². The van der Waals surface area contributed by atoms with Crippen LogP contribution in [0.25, 0.3) is 0 Å². The second kappa shape index (κ2) is 10.2. The summed E-state index contributed by atoms with van der Waals surface area (Å²) >= 11 is 12.8. The first-order valence-electron chi connectivity index (χ1n) is 8.87. The van der Waals surface area contributed by atoms with Gasteiger partial charge < -0.3 is 24.3 Å². The van der Waals surface area contributed by atoms with E-state index in [9.17, 15) is 4.79 Å². The third kappa shape index (κ3) is 5.89. The summed E-state index contributed by atoms with van der Waals surface area (Å²) in [4.78, 5) is 11.3. The zero-order chi connectivity index (χ0) is 19.2. The maximum Gasteiger partial charge on any atom is 0.407 e. The summed E-state index contributed by atoms with van der Waals surface area (Å²) in [5, 5.41) is 2.85. The van der Waals surface area contributed by atoms with Crippen LogP contribution in [0.3, 0.4) is 0 Å². The molecule has 2 heterocycles. The Bertz CT molecular complexity index is 609. The van der Waals surface area contributed by atoms with Gasteiger partial charge in [0.15, 0.2) is 6.29 Å². The Labute approximate surface area is 173 Å². The zero-order valence-corrected chi connectivity index (χ0v) is 17.2. The second-order valence-electron chi connectivity index (χ2n) is 6.22. The number of rotatable bonds is 6. The summed E-state index contributed by atoms with van der Waals surface area (Å²) in [6.45, 7) is 2.42. The molecule has 2 aliphatic heterocycles. The molecule has 1 amide bonds. The molecule has 2 fully saturated rings. The van der Waals surface area contributed by atoms with E-state index in [1.54, 1.807) is 11.8 Å². The summed E-state index contributed by atoms with van der Waals surface area (Å²) in [7, 11) is 0. The molecule has 150 valence electrons. The summed E-state index contributed by atoms with van der Waals surface area (Å²) in [5.41, 5.74) is 0.757. The molecule has 1 aromatic rings. The Morgan fingerprint density at radius 2 is 2.07 bits per heavy atom. The molecule has 5 atom stereocenters. The average Bonchev–Trinajstić information content (AvgIpc) is 2.67. The molecule has 0 saturated carbocycles. The standard InChI is InChI=1S/C18H23Cl2NO5S/c1-2-27-17-12(21-18(22)24-10-15(19)20)8-13-14(26-17)9-23-16(25-13)11-6-4-3-5-7-11/h3-7,12-17H,2,8-10H2,1H3,(H,21,22)/t12-,13+,14-,16-,17+/m1/s1. The molecule has 0 aromatic heterocycles. The highest BCUT2D eigenvalue weighted by molar-refractivity contribution is 7.99. The molecule has 0 aliphatic carbocycles. The lowest BCUT2D eigenvalue weighted by Crippen LogP contribution is -2.57. The number of hydrogen-bond acceptors (Lipinski definition) is 6. The largest absolute Gasteiger partial charge is 0.447 e. The van der Waals surface area contributed by atoms with Gasteiger partial charge in [0, 0.05) is 12.0 Å². The number of alkyl carbamates (subject to hydrolysis) is 1. The number of alkyl halides is 2. The highest BCUT2D eigenvalue weighted by atomic mass is 35.5. The highest BCUT2D eigenvalue weighted by Gasteiger charge is 2.43. The molecular formula is C18H23Cl2NO5S. The number of nitrogens with one attached hydrogen (secondary N) is 1. The van der Waals surface area contributed by atoms with Gasteiger partial charge >= 0.3 is 6.09 Å². The number of carbonyl (C=O) groups excluding carboxylic acids is 1. The van der Waals surface area contributed by atoms with E-state index >= 15 is 0 Å². The maximum atomic E-state index is 12.0. The lowest BCUT2D eigenvalue weighted by atomic mass is 10.0.